The first-order valence-electron chi connectivity index (χ1n) is 8.83. The Hall–Kier alpha value is -2.67. The molecule has 0 bridgehead atoms. The van der Waals surface area contributed by atoms with Gasteiger partial charge in [0.25, 0.3) is 5.91 Å². The van der Waals surface area contributed by atoms with E-state index in [1.165, 1.54) is 12.4 Å². The fraction of sp³-hybridized carbons (Fsp3) is 0.421. The van der Waals surface area contributed by atoms with Gasteiger partial charge in [-0.25, -0.2) is 9.97 Å². The van der Waals surface area contributed by atoms with E-state index in [1.54, 1.807) is 7.11 Å². The van der Waals surface area contributed by atoms with Crippen LogP contribution in [0.3, 0.4) is 0 Å². The first-order valence-corrected chi connectivity index (χ1v) is 8.83. The highest BCUT2D eigenvalue weighted by Crippen LogP contribution is 2.13. The highest BCUT2D eigenvalue weighted by atomic mass is 16.5. The lowest BCUT2D eigenvalue weighted by Gasteiger charge is -2.10. The van der Waals surface area contributed by atoms with Crippen LogP contribution in [0, 0.1) is 0 Å². The zero-order valence-corrected chi connectivity index (χ0v) is 14.9. The highest BCUT2D eigenvalue weighted by Gasteiger charge is 2.15. The summed E-state index contributed by atoms with van der Waals surface area (Å²) in [5, 5.41) is 6.02. The monoisotopic (exact) mass is 356 g/mol. The maximum Gasteiger partial charge on any atom is 0.254 e. The molecule has 1 amide bonds. The Morgan fingerprint density at radius 1 is 1.35 bits per heavy atom. The number of carbonyl (C=O) groups is 1. The van der Waals surface area contributed by atoms with Crippen molar-refractivity contribution in [3.8, 4) is 5.75 Å². The van der Waals surface area contributed by atoms with Gasteiger partial charge in [-0.1, -0.05) is 12.1 Å². The van der Waals surface area contributed by atoms with Crippen molar-refractivity contribution in [2.24, 2.45) is 0 Å². The van der Waals surface area contributed by atoms with Gasteiger partial charge in [0, 0.05) is 32.1 Å². The predicted molar refractivity (Wildman–Crippen MR) is 98.5 cm³/mol. The summed E-state index contributed by atoms with van der Waals surface area (Å²) >= 11 is 0. The Balaban J connectivity index is 1.43. The number of benzene rings is 1. The Morgan fingerprint density at radius 3 is 2.92 bits per heavy atom. The van der Waals surface area contributed by atoms with Gasteiger partial charge in [-0.3, -0.25) is 4.79 Å². The standard InChI is InChI=1S/C19H24N4O3/c1-25-16-5-2-4-14(10-16)7-8-20-18(24)15-11-21-19(22-12-15)23-13-17-6-3-9-26-17/h2,4-5,10-12,17H,3,6-9,13H2,1H3,(H,20,24)(H,21,22,23). The molecule has 1 aliphatic heterocycles. The van der Waals surface area contributed by atoms with Crippen molar-refractivity contribution in [3.63, 3.8) is 0 Å². The minimum Gasteiger partial charge on any atom is -0.497 e. The molecule has 1 aromatic heterocycles. The van der Waals surface area contributed by atoms with E-state index in [1.807, 2.05) is 24.3 Å². The third-order valence-corrected chi connectivity index (χ3v) is 4.26. The molecule has 2 aromatic rings. The second kappa shape index (κ2) is 9.15. The van der Waals surface area contributed by atoms with Crippen molar-refractivity contribution >= 4 is 11.9 Å². The van der Waals surface area contributed by atoms with Crippen molar-refractivity contribution in [1.29, 1.82) is 0 Å². The summed E-state index contributed by atoms with van der Waals surface area (Å²) < 4.78 is 10.7. The number of rotatable bonds is 8. The molecule has 0 aliphatic carbocycles. The topological polar surface area (TPSA) is 85.4 Å². The summed E-state index contributed by atoms with van der Waals surface area (Å²) in [6, 6.07) is 7.80. The van der Waals surface area contributed by atoms with Gasteiger partial charge in [-0.05, 0) is 37.0 Å². The Morgan fingerprint density at radius 2 is 2.19 bits per heavy atom. The van der Waals surface area contributed by atoms with Crippen molar-refractivity contribution in [3.05, 3.63) is 47.8 Å². The molecule has 2 heterocycles. The summed E-state index contributed by atoms with van der Waals surface area (Å²) in [4.78, 5) is 20.6. The number of anilines is 1. The molecule has 1 atom stereocenters. The number of nitrogens with zero attached hydrogens (tertiary/aromatic N) is 2. The van der Waals surface area contributed by atoms with Gasteiger partial charge in [-0.15, -0.1) is 0 Å². The maximum absolute atomic E-state index is 12.2. The fourth-order valence-corrected chi connectivity index (χ4v) is 2.80. The van der Waals surface area contributed by atoms with Crippen molar-refractivity contribution in [2.75, 3.05) is 32.1 Å². The third-order valence-electron chi connectivity index (χ3n) is 4.26. The molecule has 0 spiro atoms. The lowest BCUT2D eigenvalue weighted by Crippen LogP contribution is -2.26. The van der Waals surface area contributed by atoms with Crippen LogP contribution >= 0.6 is 0 Å². The summed E-state index contributed by atoms with van der Waals surface area (Å²) in [6.07, 6.45) is 6.17. The van der Waals surface area contributed by atoms with Crippen LogP contribution in [0.1, 0.15) is 28.8 Å². The maximum atomic E-state index is 12.2. The first kappa shape index (κ1) is 18.1. The van der Waals surface area contributed by atoms with Gasteiger partial charge in [-0.2, -0.15) is 0 Å². The van der Waals surface area contributed by atoms with Gasteiger partial charge >= 0.3 is 0 Å². The lowest BCUT2D eigenvalue weighted by atomic mass is 10.1. The number of hydrogen-bond donors (Lipinski definition) is 2. The second-order valence-corrected chi connectivity index (χ2v) is 6.17. The molecule has 1 unspecified atom stereocenters. The Bertz CT molecular complexity index is 715. The average molecular weight is 356 g/mol. The SMILES string of the molecule is COc1cccc(CCNC(=O)c2cnc(NCC3CCCO3)nc2)c1. The van der Waals surface area contributed by atoms with Crippen LogP contribution in [0.15, 0.2) is 36.7 Å². The molecule has 3 rings (SSSR count). The van der Waals surface area contributed by atoms with E-state index in [9.17, 15) is 4.79 Å². The number of ether oxygens (including phenoxy) is 2. The van der Waals surface area contributed by atoms with E-state index in [0.29, 0.717) is 24.6 Å². The zero-order valence-electron chi connectivity index (χ0n) is 14.9. The average Bonchev–Trinajstić information content (AvgIpc) is 3.20. The van der Waals surface area contributed by atoms with Gasteiger partial charge in [0.2, 0.25) is 5.95 Å². The van der Waals surface area contributed by atoms with Crippen LogP contribution in [-0.4, -0.2) is 48.8 Å². The fourth-order valence-electron chi connectivity index (χ4n) is 2.80. The highest BCUT2D eigenvalue weighted by molar-refractivity contribution is 5.93. The quantitative estimate of drug-likeness (QED) is 0.753. The third kappa shape index (κ3) is 5.16. The number of carbonyl (C=O) groups excluding carboxylic acids is 1. The van der Waals surface area contributed by atoms with Crippen LogP contribution in [0.2, 0.25) is 0 Å². The number of aromatic nitrogens is 2. The van der Waals surface area contributed by atoms with E-state index < -0.39 is 0 Å². The molecule has 1 fully saturated rings. The smallest absolute Gasteiger partial charge is 0.254 e. The molecule has 1 aliphatic rings. The predicted octanol–water partition coefficient (Wildman–Crippen LogP) is 2.05. The number of methoxy groups -OCH3 is 1. The molecular weight excluding hydrogens is 332 g/mol. The second-order valence-electron chi connectivity index (χ2n) is 6.17. The molecule has 1 saturated heterocycles. The van der Waals surface area contributed by atoms with Crippen molar-refractivity contribution < 1.29 is 14.3 Å². The molecule has 26 heavy (non-hydrogen) atoms. The minimum absolute atomic E-state index is 0.182. The van der Waals surface area contributed by atoms with Gasteiger partial charge < -0.3 is 20.1 Å². The summed E-state index contributed by atoms with van der Waals surface area (Å²) in [5.41, 5.74) is 1.55. The van der Waals surface area contributed by atoms with E-state index in [4.69, 9.17) is 9.47 Å². The number of hydrogen-bond acceptors (Lipinski definition) is 6. The van der Waals surface area contributed by atoms with E-state index in [-0.39, 0.29) is 12.0 Å². The van der Waals surface area contributed by atoms with Gasteiger partial charge in [0.15, 0.2) is 0 Å². The molecule has 7 heteroatoms. The van der Waals surface area contributed by atoms with E-state index in [0.717, 1.165) is 37.2 Å². The first-order chi connectivity index (χ1) is 12.7. The Kier molecular flexibility index (Phi) is 6.38. The van der Waals surface area contributed by atoms with Gasteiger partial charge in [0.05, 0.1) is 18.8 Å². The molecule has 0 saturated carbocycles. The number of nitrogens with one attached hydrogen (secondary N) is 2. The normalized spacial score (nSPS) is 16.3. The molecule has 7 nitrogen and oxygen atoms in total. The molecule has 138 valence electrons. The van der Waals surface area contributed by atoms with E-state index >= 15 is 0 Å². The molecular formula is C19H24N4O3. The van der Waals surface area contributed by atoms with E-state index in [2.05, 4.69) is 20.6 Å². The van der Waals surface area contributed by atoms with Gasteiger partial charge in [0.1, 0.15) is 5.75 Å². The lowest BCUT2D eigenvalue weighted by molar-refractivity contribution is 0.0953. The number of amides is 1. The van der Waals surface area contributed by atoms with Crippen LogP contribution < -0.4 is 15.4 Å². The van der Waals surface area contributed by atoms with Crippen LogP contribution in [0.4, 0.5) is 5.95 Å². The van der Waals surface area contributed by atoms with Crippen LogP contribution in [-0.2, 0) is 11.2 Å². The summed E-state index contributed by atoms with van der Waals surface area (Å²) in [7, 11) is 1.64. The largest absolute Gasteiger partial charge is 0.497 e. The van der Waals surface area contributed by atoms with Crippen LogP contribution in [0.25, 0.3) is 0 Å². The minimum atomic E-state index is -0.182. The zero-order chi connectivity index (χ0) is 18.2. The molecule has 0 radical (unpaired) electrons. The summed E-state index contributed by atoms with van der Waals surface area (Å²) in [6.45, 7) is 2.04. The molecule has 2 N–H and O–H groups in total. The van der Waals surface area contributed by atoms with Crippen LogP contribution in [0.5, 0.6) is 5.75 Å². The molecule has 1 aromatic carbocycles. The Labute approximate surface area is 153 Å². The van der Waals surface area contributed by atoms with Crippen molar-refractivity contribution in [2.45, 2.75) is 25.4 Å². The van der Waals surface area contributed by atoms with Crippen molar-refractivity contribution in [1.82, 2.24) is 15.3 Å². The summed E-state index contributed by atoms with van der Waals surface area (Å²) in [5.74, 6) is 1.14.